The molecule has 0 saturated carbocycles. The van der Waals surface area contributed by atoms with Crippen LogP contribution in [0, 0.1) is 0 Å². The van der Waals surface area contributed by atoms with E-state index in [1.54, 1.807) is 23.1 Å². The minimum Gasteiger partial charge on any atom is -0.285 e. The Morgan fingerprint density at radius 1 is 1.20 bits per heavy atom. The highest BCUT2D eigenvalue weighted by atomic mass is 35.5. The molecule has 0 aliphatic carbocycles. The van der Waals surface area contributed by atoms with Crippen molar-refractivity contribution in [2.45, 2.75) is 6.42 Å². The van der Waals surface area contributed by atoms with Gasteiger partial charge in [-0.15, -0.1) is 11.6 Å². The number of carbonyl (C=O) groups is 2. The lowest BCUT2D eigenvalue weighted by atomic mass is 10.2. The van der Waals surface area contributed by atoms with E-state index in [1.807, 2.05) is 30.3 Å². The number of alkyl halides is 1. The Bertz CT molecular complexity index is 840. The van der Waals surface area contributed by atoms with Crippen molar-refractivity contribution in [2.75, 3.05) is 10.8 Å². The fraction of sp³-hybridized carbons (Fsp3) is 0.118. The van der Waals surface area contributed by atoms with Gasteiger partial charge in [0.1, 0.15) is 11.7 Å². The number of halogens is 2. The van der Waals surface area contributed by atoms with E-state index in [1.165, 1.54) is 0 Å². The fourth-order valence-corrected chi connectivity index (χ4v) is 2.65. The van der Waals surface area contributed by atoms with Crippen LogP contribution in [0.2, 0.25) is 5.02 Å². The molecule has 8 heteroatoms. The molecular formula is C17H14Cl2N4O2. The number of fused-ring (bicyclic) bond motifs is 1. The second-order valence-electron chi connectivity index (χ2n) is 5.24. The number of hydrogen-bond donors (Lipinski definition) is 2. The molecule has 0 spiro atoms. The number of amidine groups is 1. The van der Waals surface area contributed by atoms with Crippen LogP contribution in [0.1, 0.15) is 6.42 Å². The number of benzene rings is 2. The summed E-state index contributed by atoms with van der Waals surface area (Å²) in [4.78, 5) is 30.2. The summed E-state index contributed by atoms with van der Waals surface area (Å²) < 4.78 is 0. The predicted octanol–water partition coefficient (Wildman–Crippen LogP) is 3.30. The lowest BCUT2D eigenvalue weighted by molar-refractivity contribution is -0.119. The highest BCUT2D eigenvalue weighted by Crippen LogP contribution is 2.38. The van der Waals surface area contributed by atoms with E-state index < -0.39 is 5.91 Å². The van der Waals surface area contributed by atoms with Gasteiger partial charge in [-0.1, -0.05) is 29.8 Å². The summed E-state index contributed by atoms with van der Waals surface area (Å²) in [5.41, 5.74) is 6.89. The fourth-order valence-electron chi connectivity index (χ4n) is 2.42. The molecule has 2 N–H and O–H groups in total. The normalized spacial score (nSPS) is 13.6. The second-order valence-corrected chi connectivity index (χ2v) is 5.94. The summed E-state index contributed by atoms with van der Waals surface area (Å²) in [5, 5.41) is 0.495. The van der Waals surface area contributed by atoms with Gasteiger partial charge in [-0.25, -0.2) is 4.99 Å². The van der Waals surface area contributed by atoms with Crippen LogP contribution >= 0.6 is 23.2 Å². The molecule has 25 heavy (non-hydrogen) atoms. The van der Waals surface area contributed by atoms with Crippen molar-refractivity contribution >= 4 is 57.9 Å². The Balaban J connectivity index is 2.01. The maximum atomic E-state index is 12.8. The first-order valence-electron chi connectivity index (χ1n) is 7.44. The molecule has 0 fully saturated rings. The summed E-state index contributed by atoms with van der Waals surface area (Å²) in [5.74, 6) is -0.516. The van der Waals surface area contributed by atoms with Crippen molar-refractivity contribution in [1.82, 2.24) is 10.9 Å². The van der Waals surface area contributed by atoms with Crippen molar-refractivity contribution in [2.24, 2.45) is 4.99 Å². The van der Waals surface area contributed by atoms with Crippen LogP contribution < -0.4 is 15.8 Å². The average Bonchev–Trinajstić information content (AvgIpc) is 2.75. The molecule has 6 nitrogen and oxygen atoms in total. The predicted molar refractivity (Wildman–Crippen MR) is 98.8 cm³/mol. The smallest absolute Gasteiger partial charge is 0.253 e. The highest BCUT2D eigenvalue weighted by molar-refractivity contribution is 6.31. The third kappa shape index (κ3) is 3.92. The average molecular weight is 377 g/mol. The molecule has 3 rings (SSSR count). The molecule has 2 aromatic carbocycles. The van der Waals surface area contributed by atoms with Crippen LogP contribution in [-0.2, 0) is 9.59 Å². The zero-order chi connectivity index (χ0) is 17.8. The third-order valence-electron chi connectivity index (χ3n) is 3.48. The van der Waals surface area contributed by atoms with Crippen molar-refractivity contribution in [3.8, 4) is 0 Å². The Morgan fingerprint density at radius 2 is 1.96 bits per heavy atom. The van der Waals surface area contributed by atoms with Gasteiger partial charge in [0, 0.05) is 10.7 Å². The van der Waals surface area contributed by atoms with Crippen molar-refractivity contribution in [3.63, 3.8) is 0 Å². The van der Waals surface area contributed by atoms with Gasteiger partial charge < -0.3 is 0 Å². The van der Waals surface area contributed by atoms with Crippen LogP contribution in [0.15, 0.2) is 53.5 Å². The molecule has 0 saturated heterocycles. The topological polar surface area (TPSA) is 73.8 Å². The number of rotatable bonds is 2. The highest BCUT2D eigenvalue weighted by Gasteiger charge is 2.26. The molecule has 1 aliphatic heterocycles. The largest absolute Gasteiger partial charge is 0.285 e. The first kappa shape index (κ1) is 17.3. The van der Waals surface area contributed by atoms with Gasteiger partial charge in [0.25, 0.3) is 5.91 Å². The van der Waals surface area contributed by atoms with E-state index in [0.29, 0.717) is 27.9 Å². The van der Waals surface area contributed by atoms with Crippen molar-refractivity contribution in [3.05, 3.63) is 53.6 Å². The number of hydrazine groups is 1. The lowest BCUT2D eigenvalue weighted by Crippen LogP contribution is -2.43. The minimum atomic E-state index is -0.419. The van der Waals surface area contributed by atoms with Crippen molar-refractivity contribution in [1.29, 1.82) is 0 Å². The van der Waals surface area contributed by atoms with Crippen LogP contribution in [0.3, 0.4) is 0 Å². The molecule has 0 bridgehead atoms. The Kier molecular flexibility index (Phi) is 5.21. The molecule has 1 heterocycles. The lowest BCUT2D eigenvalue weighted by Gasteiger charge is -2.22. The number of aliphatic imine (C=N–C) groups is 1. The molecule has 0 unspecified atom stereocenters. The first-order valence-corrected chi connectivity index (χ1v) is 8.35. The van der Waals surface area contributed by atoms with E-state index >= 15 is 0 Å². The van der Waals surface area contributed by atoms with E-state index in [9.17, 15) is 9.59 Å². The molecule has 0 atom stereocenters. The van der Waals surface area contributed by atoms with Gasteiger partial charge in [0.2, 0.25) is 5.91 Å². The first-order chi connectivity index (χ1) is 12.1. The maximum Gasteiger partial charge on any atom is 0.253 e. The number of para-hydroxylation sites is 1. The molecule has 128 valence electrons. The Labute approximate surface area is 154 Å². The summed E-state index contributed by atoms with van der Waals surface area (Å²) in [6.07, 6.45) is -0.0240. The number of hydrogen-bond acceptors (Lipinski definition) is 4. The summed E-state index contributed by atoms with van der Waals surface area (Å²) in [6.45, 7) is 0. The summed E-state index contributed by atoms with van der Waals surface area (Å²) in [7, 11) is 0. The zero-order valence-electron chi connectivity index (χ0n) is 13.0. The Hall–Kier alpha value is -2.57. The Morgan fingerprint density at radius 3 is 2.68 bits per heavy atom. The summed E-state index contributed by atoms with van der Waals surface area (Å²) >= 11 is 11.6. The van der Waals surface area contributed by atoms with Gasteiger partial charge in [0.05, 0.1) is 17.8 Å². The summed E-state index contributed by atoms with van der Waals surface area (Å²) in [6, 6.07) is 14.3. The van der Waals surface area contributed by atoms with Gasteiger partial charge in [-0.05, 0) is 30.3 Å². The van der Waals surface area contributed by atoms with E-state index in [-0.39, 0.29) is 18.2 Å². The SMILES string of the molecule is O=C(CCl)NNC1=Nc2ccc(Cl)cc2N(c2ccccc2)C(=O)C1. The second kappa shape index (κ2) is 7.55. The minimum absolute atomic E-state index is 0.0240. The molecule has 0 radical (unpaired) electrons. The monoisotopic (exact) mass is 376 g/mol. The van der Waals surface area contributed by atoms with E-state index in [2.05, 4.69) is 15.8 Å². The molecule has 1 aliphatic rings. The van der Waals surface area contributed by atoms with Crippen LogP contribution in [0.25, 0.3) is 0 Å². The number of carbonyl (C=O) groups excluding carboxylic acids is 2. The standard InChI is InChI=1S/C17H14Cl2N4O2/c18-10-16(24)22-21-15-9-17(25)23(12-4-2-1-3-5-12)14-8-11(19)6-7-13(14)20-15/h1-8H,9-10H2,(H,20,21)(H,22,24). The zero-order valence-corrected chi connectivity index (χ0v) is 14.5. The van der Waals surface area contributed by atoms with E-state index in [4.69, 9.17) is 23.2 Å². The third-order valence-corrected chi connectivity index (χ3v) is 3.96. The maximum absolute atomic E-state index is 12.8. The quantitative estimate of drug-likeness (QED) is 0.623. The number of amides is 2. The van der Waals surface area contributed by atoms with E-state index in [0.717, 1.165) is 0 Å². The van der Waals surface area contributed by atoms with Gasteiger partial charge in [-0.3, -0.25) is 25.3 Å². The van der Waals surface area contributed by atoms with Gasteiger partial charge in [-0.2, -0.15) is 0 Å². The van der Waals surface area contributed by atoms with Crippen molar-refractivity contribution < 1.29 is 9.59 Å². The molecule has 2 amide bonds. The van der Waals surface area contributed by atoms with Gasteiger partial charge >= 0.3 is 0 Å². The van der Waals surface area contributed by atoms with Crippen LogP contribution in [-0.4, -0.2) is 23.5 Å². The van der Waals surface area contributed by atoms with Crippen LogP contribution in [0.4, 0.5) is 17.1 Å². The molecular weight excluding hydrogens is 363 g/mol. The number of anilines is 2. The number of nitrogens with one attached hydrogen (secondary N) is 2. The molecule has 2 aromatic rings. The van der Waals surface area contributed by atoms with Gasteiger partial charge in [0.15, 0.2) is 0 Å². The number of nitrogens with zero attached hydrogens (tertiary/aromatic N) is 2. The molecule has 0 aromatic heterocycles. The van der Waals surface area contributed by atoms with Crippen LogP contribution in [0.5, 0.6) is 0 Å².